The van der Waals surface area contributed by atoms with Gasteiger partial charge in [-0.15, -0.1) is 0 Å². The van der Waals surface area contributed by atoms with Crippen molar-refractivity contribution in [3.63, 3.8) is 0 Å². The number of hydrogen-bond donors (Lipinski definition) is 2. The Hall–Kier alpha value is -0.900. The zero-order valence-corrected chi connectivity index (χ0v) is 9.53. The minimum atomic E-state index is 0.645. The molecular weight excluding hydrogens is 188 g/mol. The van der Waals surface area contributed by atoms with Gasteiger partial charge in [0.1, 0.15) is 12.2 Å². The fraction of sp³-hybridized carbons (Fsp3) is 0.818. The van der Waals surface area contributed by atoms with Crippen LogP contribution in [0.25, 0.3) is 0 Å². The standard InChI is InChI=1S/C11H20N4/c1-8-3-4-10(9(2)5-8)12-6-11-13-7-14-15-11/h7-10,12H,3-6H2,1-2H3,(H,13,14,15). The molecule has 4 heteroatoms. The molecule has 0 bridgehead atoms. The Labute approximate surface area is 90.9 Å². The second kappa shape index (κ2) is 4.75. The van der Waals surface area contributed by atoms with E-state index in [1.54, 1.807) is 6.33 Å². The molecule has 0 saturated heterocycles. The van der Waals surface area contributed by atoms with Gasteiger partial charge in [-0.25, -0.2) is 4.98 Å². The van der Waals surface area contributed by atoms with Crippen LogP contribution in [-0.4, -0.2) is 21.2 Å². The van der Waals surface area contributed by atoms with E-state index in [1.807, 2.05) is 0 Å². The highest BCUT2D eigenvalue weighted by Crippen LogP contribution is 2.28. The summed E-state index contributed by atoms with van der Waals surface area (Å²) in [7, 11) is 0. The summed E-state index contributed by atoms with van der Waals surface area (Å²) < 4.78 is 0. The SMILES string of the molecule is CC1CCC(NCc2ncn[nH]2)C(C)C1. The highest BCUT2D eigenvalue weighted by Gasteiger charge is 2.24. The molecule has 1 aliphatic carbocycles. The number of hydrogen-bond acceptors (Lipinski definition) is 3. The maximum atomic E-state index is 4.11. The number of nitrogens with one attached hydrogen (secondary N) is 2. The lowest BCUT2D eigenvalue weighted by Crippen LogP contribution is -2.38. The molecule has 1 aromatic heterocycles. The molecule has 1 heterocycles. The van der Waals surface area contributed by atoms with Crippen LogP contribution in [-0.2, 0) is 6.54 Å². The van der Waals surface area contributed by atoms with Crippen LogP contribution < -0.4 is 5.32 Å². The first-order valence-corrected chi connectivity index (χ1v) is 5.83. The topological polar surface area (TPSA) is 53.6 Å². The van der Waals surface area contributed by atoms with E-state index in [0.29, 0.717) is 6.04 Å². The molecular formula is C11H20N4. The van der Waals surface area contributed by atoms with E-state index >= 15 is 0 Å². The van der Waals surface area contributed by atoms with Gasteiger partial charge in [0, 0.05) is 6.04 Å². The first-order chi connectivity index (χ1) is 7.25. The van der Waals surface area contributed by atoms with Crippen molar-refractivity contribution in [2.24, 2.45) is 11.8 Å². The zero-order chi connectivity index (χ0) is 10.7. The fourth-order valence-electron chi connectivity index (χ4n) is 2.51. The van der Waals surface area contributed by atoms with Gasteiger partial charge in [0.25, 0.3) is 0 Å². The molecule has 0 amide bonds. The zero-order valence-electron chi connectivity index (χ0n) is 9.53. The molecule has 0 aromatic carbocycles. The Bertz CT molecular complexity index is 283. The molecule has 0 spiro atoms. The summed E-state index contributed by atoms with van der Waals surface area (Å²) in [6.45, 7) is 5.50. The summed E-state index contributed by atoms with van der Waals surface area (Å²) in [5.41, 5.74) is 0. The second-order valence-corrected chi connectivity index (χ2v) is 4.82. The van der Waals surface area contributed by atoms with Gasteiger partial charge in [-0.2, -0.15) is 5.10 Å². The van der Waals surface area contributed by atoms with Crippen LogP contribution in [0.15, 0.2) is 6.33 Å². The van der Waals surface area contributed by atoms with Crippen LogP contribution >= 0.6 is 0 Å². The van der Waals surface area contributed by atoms with E-state index in [9.17, 15) is 0 Å². The molecule has 1 aromatic rings. The van der Waals surface area contributed by atoms with Crippen molar-refractivity contribution < 1.29 is 0 Å². The van der Waals surface area contributed by atoms with Gasteiger partial charge in [0.15, 0.2) is 0 Å². The highest BCUT2D eigenvalue weighted by molar-refractivity contribution is 4.85. The molecule has 1 fully saturated rings. The van der Waals surface area contributed by atoms with Crippen LogP contribution in [0, 0.1) is 11.8 Å². The number of H-pyrrole nitrogens is 1. The van der Waals surface area contributed by atoms with Crippen LogP contribution in [0.3, 0.4) is 0 Å². The molecule has 15 heavy (non-hydrogen) atoms. The molecule has 2 N–H and O–H groups in total. The monoisotopic (exact) mass is 208 g/mol. The minimum absolute atomic E-state index is 0.645. The maximum absolute atomic E-state index is 4.11. The number of rotatable bonds is 3. The van der Waals surface area contributed by atoms with E-state index < -0.39 is 0 Å². The Morgan fingerprint density at radius 3 is 3.00 bits per heavy atom. The van der Waals surface area contributed by atoms with Gasteiger partial charge in [0.2, 0.25) is 0 Å². The summed E-state index contributed by atoms with van der Waals surface area (Å²) in [4.78, 5) is 4.11. The van der Waals surface area contributed by atoms with Gasteiger partial charge in [0.05, 0.1) is 6.54 Å². The van der Waals surface area contributed by atoms with Gasteiger partial charge in [-0.3, -0.25) is 5.10 Å². The third kappa shape index (κ3) is 2.78. The average molecular weight is 208 g/mol. The molecule has 2 rings (SSSR count). The lowest BCUT2D eigenvalue weighted by atomic mass is 9.80. The van der Waals surface area contributed by atoms with Crippen molar-refractivity contribution in [1.29, 1.82) is 0 Å². The molecule has 4 nitrogen and oxygen atoms in total. The summed E-state index contributed by atoms with van der Waals surface area (Å²) in [5, 5.41) is 10.3. The summed E-state index contributed by atoms with van der Waals surface area (Å²) in [5.74, 6) is 2.60. The lowest BCUT2D eigenvalue weighted by molar-refractivity contribution is 0.226. The second-order valence-electron chi connectivity index (χ2n) is 4.82. The first kappa shape index (κ1) is 10.6. The minimum Gasteiger partial charge on any atom is -0.307 e. The van der Waals surface area contributed by atoms with Crippen LogP contribution in [0.5, 0.6) is 0 Å². The maximum Gasteiger partial charge on any atom is 0.138 e. The predicted molar refractivity (Wildman–Crippen MR) is 59.2 cm³/mol. The van der Waals surface area contributed by atoms with E-state index in [1.165, 1.54) is 19.3 Å². The summed E-state index contributed by atoms with van der Waals surface area (Å²) in [6.07, 6.45) is 5.53. The van der Waals surface area contributed by atoms with Gasteiger partial charge in [-0.1, -0.05) is 13.8 Å². The van der Waals surface area contributed by atoms with Crippen LogP contribution in [0.4, 0.5) is 0 Å². The van der Waals surface area contributed by atoms with Crippen molar-refractivity contribution in [2.75, 3.05) is 0 Å². The first-order valence-electron chi connectivity index (χ1n) is 5.83. The fourth-order valence-corrected chi connectivity index (χ4v) is 2.51. The molecule has 3 unspecified atom stereocenters. The predicted octanol–water partition coefficient (Wildman–Crippen LogP) is 1.72. The molecule has 0 radical (unpaired) electrons. The quantitative estimate of drug-likeness (QED) is 0.795. The summed E-state index contributed by atoms with van der Waals surface area (Å²) >= 11 is 0. The molecule has 1 saturated carbocycles. The highest BCUT2D eigenvalue weighted by atomic mass is 15.2. The Kier molecular flexibility index (Phi) is 3.36. The Morgan fingerprint density at radius 2 is 2.33 bits per heavy atom. The lowest BCUT2D eigenvalue weighted by Gasteiger charge is -2.33. The Morgan fingerprint density at radius 1 is 1.47 bits per heavy atom. The smallest absolute Gasteiger partial charge is 0.138 e. The van der Waals surface area contributed by atoms with E-state index in [4.69, 9.17) is 0 Å². The summed E-state index contributed by atoms with van der Waals surface area (Å²) in [6, 6.07) is 0.645. The van der Waals surface area contributed by atoms with E-state index in [2.05, 4.69) is 34.3 Å². The van der Waals surface area contributed by atoms with Gasteiger partial charge in [-0.05, 0) is 31.1 Å². The molecule has 0 aliphatic heterocycles. The van der Waals surface area contributed by atoms with Crippen LogP contribution in [0.2, 0.25) is 0 Å². The number of nitrogens with zero attached hydrogens (tertiary/aromatic N) is 2. The van der Waals surface area contributed by atoms with Gasteiger partial charge < -0.3 is 5.32 Å². The van der Waals surface area contributed by atoms with E-state index in [0.717, 1.165) is 24.2 Å². The van der Waals surface area contributed by atoms with Crippen LogP contribution in [0.1, 0.15) is 38.9 Å². The van der Waals surface area contributed by atoms with Crippen molar-refractivity contribution in [3.05, 3.63) is 12.2 Å². The van der Waals surface area contributed by atoms with Crippen molar-refractivity contribution in [1.82, 2.24) is 20.5 Å². The van der Waals surface area contributed by atoms with Crippen molar-refractivity contribution in [2.45, 2.75) is 45.7 Å². The number of aromatic nitrogens is 3. The number of aromatic amines is 1. The molecule has 84 valence electrons. The third-order valence-corrected chi connectivity index (χ3v) is 3.43. The van der Waals surface area contributed by atoms with E-state index in [-0.39, 0.29) is 0 Å². The van der Waals surface area contributed by atoms with Crippen molar-refractivity contribution in [3.8, 4) is 0 Å². The van der Waals surface area contributed by atoms with Crippen molar-refractivity contribution >= 4 is 0 Å². The third-order valence-electron chi connectivity index (χ3n) is 3.43. The normalized spacial score (nSPS) is 31.7. The average Bonchev–Trinajstić information content (AvgIpc) is 2.69. The largest absolute Gasteiger partial charge is 0.307 e. The van der Waals surface area contributed by atoms with Gasteiger partial charge >= 0.3 is 0 Å². The Balaban J connectivity index is 1.79. The molecule has 3 atom stereocenters. The molecule has 1 aliphatic rings.